The molecule has 39 heavy (non-hydrogen) atoms. The molecule has 0 aliphatic rings. The maximum Gasteiger partial charge on any atom is 0.228 e. The molecule has 0 aliphatic carbocycles. The summed E-state index contributed by atoms with van der Waals surface area (Å²) in [6.07, 6.45) is 7.04. The Morgan fingerprint density at radius 1 is 1.08 bits per heavy atom. The first-order valence-corrected chi connectivity index (χ1v) is 16.5. The number of methoxy groups -OCH3 is 1. The number of rotatable bonds is 10. The first-order valence-electron chi connectivity index (χ1n) is 13.2. The van der Waals surface area contributed by atoms with Gasteiger partial charge < -0.3 is 19.0 Å². The second kappa shape index (κ2) is 11.6. The Morgan fingerprint density at radius 2 is 1.85 bits per heavy atom. The summed E-state index contributed by atoms with van der Waals surface area (Å²) < 4.78 is 12.0. The quantitative estimate of drug-likeness (QED) is 0.166. The maximum absolute atomic E-state index is 6.31. The zero-order valence-electron chi connectivity index (χ0n) is 24.2. The van der Waals surface area contributed by atoms with E-state index in [1.807, 2.05) is 37.2 Å². The topological polar surface area (TPSA) is 89.0 Å². The molecular weight excluding hydrogens is 528 g/mol. The second-order valence-electron chi connectivity index (χ2n) is 11.5. The molecule has 4 aromatic heterocycles. The molecule has 4 aromatic rings. The van der Waals surface area contributed by atoms with Gasteiger partial charge in [0.05, 0.1) is 23.4 Å². The molecule has 0 bridgehead atoms. The molecule has 0 saturated heterocycles. The highest BCUT2D eigenvalue weighted by Gasteiger charge is 2.36. The van der Waals surface area contributed by atoms with E-state index >= 15 is 0 Å². The van der Waals surface area contributed by atoms with Gasteiger partial charge in [-0.05, 0) is 54.7 Å². The van der Waals surface area contributed by atoms with Crippen molar-refractivity contribution in [2.24, 2.45) is 0 Å². The highest BCUT2D eigenvalue weighted by atomic mass is 35.5. The van der Waals surface area contributed by atoms with E-state index < -0.39 is 8.32 Å². The summed E-state index contributed by atoms with van der Waals surface area (Å²) in [6.45, 7) is 14.9. The Hall–Kier alpha value is -3.01. The number of fused-ring (bicyclic) bond motifs is 1. The molecule has 0 aliphatic heterocycles. The minimum Gasteiger partial charge on any atom is -0.480 e. The van der Waals surface area contributed by atoms with Crippen LogP contribution in [0.5, 0.6) is 5.88 Å². The molecule has 4 rings (SSSR count). The van der Waals surface area contributed by atoms with Crippen molar-refractivity contribution in [3.8, 4) is 17.1 Å². The van der Waals surface area contributed by atoms with Gasteiger partial charge >= 0.3 is 0 Å². The molecule has 0 aromatic carbocycles. The van der Waals surface area contributed by atoms with E-state index in [2.05, 4.69) is 59.9 Å². The van der Waals surface area contributed by atoms with Crippen molar-refractivity contribution in [3.05, 3.63) is 58.6 Å². The van der Waals surface area contributed by atoms with Crippen molar-refractivity contribution in [2.75, 3.05) is 32.2 Å². The number of hydrogen-bond acceptors (Lipinski definition) is 7. The van der Waals surface area contributed by atoms with E-state index in [-0.39, 0.29) is 5.04 Å². The van der Waals surface area contributed by atoms with Gasteiger partial charge in [0.1, 0.15) is 5.65 Å². The van der Waals surface area contributed by atoms with Crippen LogP contribution in [0.25, 0.3) is 22.3 Å². The van der Waals surface area contributed by atoms with Crippen molar-refractivity contribution in [1.82, 2.24) is 24.9 Å². The number of aryl methyl sites for hydroxylation is 1. The summed E-state index contributed by atoms with van der Waals surface area (Å²) in [7, 11) is 1.87. The molecule has 8 nitrogen and oxygen atoms in total. The van der Waals surface area contributed by atoms with E-state index in [0.717, 1.165) is 65.1 Å². The minimum absolute atomic E-state index is 0.206. The van der Waals surface area contributed by atoms with Crippen LogP contribution in [-0.4, -0.2) is 60.5 Å². The average Bonchev–Trinajstić information content (AvgIpc) is 3.28. The van der Waals surface area contributed by atoms with E-state index in [4.69, 9.17) is 25.7 Å². The number of hydrogen-bond donors (Lipinski definition) is 1. The third-order valence-corrected chi connectivity index (χ3v) is 12.4. The lowest BCUT2D eigenvalue weighted by Gasteiger charge is -2.36. The molecule has 0 atom stereocenters. The normalized spacial score (nSPS) is 12.2. The highest BCUT2D eigenvalue weighted by Crippen LogP contribution is 2.36. The lowest BCUT2D eigenvalue weighted by atomic mass is 10.0. The Bertz CT molecular complexity index is 1450. The summed E-state index contributed by atoms with van der Waals surface area (Å²) >= 11 is 6.17. The zero-order valence-corrected chi connectivity index (χ0v) is 26.0. The van der Waals surface area contributed by atoms with Gasteiger partial charge in [0.25, 0.3) is 0 Å². The zero-order chi connectivity index (χ0) is 28.4. The van der Waals surface area contributed by atoms with Crippen molar-refractivity contribution in [2.45, 2.75) is 58.7 Å². The van der Waals surface area contributed by atoms with E-state index in [9.17, 15) is 0 Å². The van der Waals surface area contributed by atoms with Gasteiger partial charge in [0.2, 0.25) is 11.8 Å². The predicted octanol–water partition coefficient (Wildman–Crippen LogP) is 6.82. The fourth-order valence-electron chi connectivity index (χ4n) is 4.13. The van der Waals surface area contributed by atoms with Crippen LogP contribution in [-0.2, 0) is 10.8 Å². The number of H-pyrrole nitrogens is 1. The van der Waals surface area contributed by atoms with Crippen LogP contribution in [0.3, 0.4) is 0 Å². The van der Waals surface area contributed by atoms with Gasteiger partial charge in [0, 0.05) is 56.3 Å². The van der Waals surface area contributed by atoms with Crippen LogP contribution in [0.2, 0.25) is 23.2 Å². The van der Waals surface area contributed by atoms with Gasteiger partial charge in [-0.25, -0.2) is 9.97 Å². The van der Waals surface area contributed by atoms with Crippen LogP contribution in [0, 0.1) is 6.92 Å². The summed E-state index contributed by atoms with van der Waals surface area (Å²) in [5.41, 5.74) is 5.53. The molecule has 0 saturated carbocycles. The maximum atomic E-state index is 6.31. The van der Waals surface area contributed by atoms with Crippen molar-refractivity contribution >= 4 is 36.9 Å². The van der Waals surface area contributed by atoms with Crippen LogP contribution < -0.4 is 9.64 Å². The molecule has 10 heteroatoms. The molecule has 1 N–H and O–H groups in total. The smallest absolute Gasteiger partial charge is 0.228 e. The van der Waals surface area contributed by atoms with Gasteiger partial charge in [-0.2, -0.15) is 4.98 Å². The van der Waals surface area contributed by atoms with Crippen LogP contribution in [0.1, 0.15) is 44.0 Å². The third kappa shape index (κ3) is 6.59. The third-order valence-electron chi connectivity index (χ3n) is 7.62. The first-order chi connectivity index (χ1) is 18.4. The van der Waals surface area contributed by atoms with Crippen molar-refractivity contribution < 1.29 is 9.16 Å². The predicted molar refractivity (Wildman–Crippen MR) is 161 cm³/mol. The van der Waals surface area contributed by atoms with E-state index in [0.29, 0.717) is 16.9 Å². The Labute approximate surface area is 237 Å². The standard InChI is InChI=1S/C29H39ClN6O2Si/c1-19-20(14-21-16-31-26-23(21)15-22(30)17-32-26)10-11-25(34-19)24-18-33-28(35-27(24)37-6)36(5)12-9-13-38-39(7,8)29(2,3)4/h10-11,15-18H,9,12-14H2,1-8H3,(H,31,32). The fraction of sp³-hybridized carbons (Fsp3) is 0.448. The van der Waals surface area contributed by atoms with Gasteiger partial charge in [-0.15, -0.1) is 0 Å². The Balaban J connectivity index is 1.45. The number of anilines is 1. The SMILES string of the molecule is COc1nc(N(C)CCCO[Si](C)(C)C(C)(C)C)ncc1-c1ccc(Cc2c[nH]c3ncc(Cl)cc23)c(C)n1. The molecule has 0 amide bonds. The monoisotopic (exact) mass is 566 g/mol. The number of nitrogens with zero attached hydrogens (tertiary/aromatic N) is 5. The lowest BCUT2D eigenvalue weighted by molar-refractivity contribution is 0.284. The fourth-order valence-corrected chi connectivity index (χ4v) is 5.37. The van der Waals surface area contributed by atoms with Gasteiger partial charge in [-0.3, -0.25) is 4.98 Å². The summed E-state index contributed by atoms with van der Waals surface area (Å²) in [6, 6.07) is 6.02. The second-order valence-corrected chi connectivity index (χ2v) is 16.7. The van der Waals surface area contributed by atoms with Gasteiger partial charge in [0.15, 0.2) is 8.32 Å². The van der Waals surface area contributed by atoms with Gasteiger partial charge in [-0.1, -0.05) is 38.4 Å². The van der Waals surface area contributed by atoms with Crippen LogP contribution in [0.4, 0.5) is 5.95 Å². The number of aromatic nitrogens is 5. The Kier molecular flexibility index (Phi) is 8.63. The van der Waals surface area contributed by atoms with Crippen LogP contribution >= 0.6 is 11.6 Å². The molecular formula is C29H39ClN6O2Si. The van der Waals surface area contributed by atoms with E-state index in [1.165, 1.54) is 0 Å². The summed E-state index contributed by atoms with van der Waals surface area (Å²) in [4.78, 5) is 23.8. The van der Waals surface area contributed by atoms with Crippen molar-refractivity contribution in [1.29, 1.82) is 0 Å². The number of halogens is 1. The Morgan fingerprint density at radius 3 is 2.54 bits per heavy atom. The van der Waals surface area contributed by atoms with Crippen molar-refractivity contribution in [3.63, 3.8) is 0 Å². The molecule has 0 unspecified atom stereocenters. The van der Waals surface area contributed by atoms with Crippen LogP contribution in [0.15, 0.2) is 36.8 Å². The number of pyridine rings is 2. The molecule has 0 fully saturated rings. The average molecular weight is 567 g/mol. The minimum atomic E-state index is -1.74. The molecule has 0 spiro atoms. The highest BCUT2D eigenvalue weighted by molar-refractivity contribution is 6.74. The van der Waals surface area contributed by atoms with E-state index in [1.54, 1.807) is 19.5 Å². The lowest BCUT2D eigenvalue weighted by Crippen LogP contribution is -2.41. The molecule has 4 heterocycles. The number of aromatic amines is 1. The number of ether oxygens (including phenoxy) is 1. The largest absolute Gasteiger partial charge is 0.480 e. The molecule has 208 valence electrons. The first kappa shape index (κ1) is 29.0. The summed E-state index contributed by atoms with van der Waals surface area (Å²) in [5.74, 6) is 1.12. The number of nitrogens with one attached hydrogen (secondary N) is 1. The molecule has 0 radical (unpaired) electrons. The summed E-state index contributed by atoms with van der Waals surface area (Å²) in [5, 5.41) is 1.85.